The Kier molecular flexibility index (Phi) is 6.94. The summed E-state index contributed by atoms with van der Waals surface area (Å²) in [6.07, 6.45) is 0.639. The van der Waals surface area contributed by atoms with Crippen LogP contribution in [0.5, 0.6) is 5.75 Å². The van der Waals surface area contributed by atoms with Crippen LogP contribution in [0.3, 0.4) is 0 Å². The van der Waals surface area contributed by atoms with Crippen molar-refractivity contribution in [1.82, 2.24) is 9.88 Å². The molecule has 12 heteroatoms. The van der Waals surface area contributed by atoms with Gasteiger partial charge in [-0.3, -0.25) is 4.79 Å². The van der Waals surface area contributed by atoms with E-state index in [0.717, 1.165) is 31.9 Å². The molecular formula is C23H25F4N3O4S. The van der Waals surface area contributed by atoms with Crippen LogP contribution < -0.4 is 9.64 Å². The number of alkyl halides is 3. The number of benzene rings is 1. The van der Waals surface area contributed by atoms with Gasteiger partial charge in [-0.2, -0.15) is 13.2 Å². The van der Waals surface area contributed by atoms with Crippen LogP contribution in [0.15, 0.2) is 35.4 Å². The Morgan fingerprint density at radius 3 is 2.31 bits per heavy atom. The van der Waals surface area contributed by atoms with Crippen LogP contribution in [-0.2, 0) is 16.0 Å². The summed E-state index contributed by atoms with van der Waals surface area (Å²) in [7, 11) is -3.56. The molecule has 1 aromatic heterocycles. The number of halogens is 4. The molecule has 1 saturated carbocycles. The van der Waals surface area contributed by atoms with Gasteiger partial charge < -0.3 is 14.5 Å². The van der Waals surface area contributed by atoms with Gasteiger partial charge in [0.05, 0.1) is 22.1 Å². The van der Waals surface area contributed by atoms with Crippen LogP contribution in [-0.4, -0.2) is 62.7 Å². The highest BCUT2D eigenvalue weighted by atomic mass is 32.2. The number of aromatic nitrogens is 1. The Hall–Kier alpha value is -2.89. The van der Waals surface area contributed by atoms with Gasteiger partial charge in [0.2, 0.25) is 0 Å². The molecule has 2 aromatic rings. The van der Waals surface area contributed by atoms with Gasteiger partial charge in [0.15, 0.2) is 21.5 Å². The lowest BCUT2D eigenvalue weighted by molar-refractivity contribution is -0.138. The molecule has 0 atom stereocenters. The topological polar surface area (TPSA) is 79.8 Å². The van der Waals surface area contributed by atoms with Crippen molar-refractivity contribution >= 4 is 21.6 Å². The van der Waals surface area contributed by atoms with Gasteiger partial charge in [-0.05, 0) is 49.9 Å². The number of pyridine rings is 1. The molecule has 1 aliphatic carbocycles. The zero-order chi connectivity index (χ0) is 25.4. The van der Waals surface area contributed by atoms with E-state index >= 15 is 0 Å². The quantitative estimate of drug-likeness (QED) is 0.562. The molecule has 0 N–H and O–H groups in total. The van der Waals surface area contributed by atoms with Crippen LogP contribution in [0.25, 0.3) is 0 Å². The van der Waals surface area contributed by atoms with E-state index < -0.39 is 33.3 Å². The minimum atomic E-state index is -4.70. The van der Waals surface area contributed by atoms with E-state index in [-0.39, 0.29) is 48.6 Å². The molecule has 4 rings (SSSR count). The van der Waals surface area contributed by atoms with E-state index in [1.54, 1.807) is 0 Å². The SMILES string of the molecule is CS(=O)(=O)c1ccc(OC2CCCC2)c(C(=O)N2CCN(c3ncc(C(F)(F)F)cc3F)CC2)c1. The van der Waals surface area contributed by atoms with E-state index in [1.807, 2.05) is 0 Å². The maximum absolute atomic E-state index is 14.3. The second kappa shape index (κ2) is 9.63. The molecule has 0 radical (unpaired) electrons. The third-order valence-electron chi connectivity index (χ3n) is 6.22. The molecule has 0 spiro atoms. The normalized spacial score (nSPS) is 17.6. The number of amides is 1. The molecule has 0 unspecified atom stereocenters. The third kappa shape index (κ3) is 5.68. The summed E-state index contributed by atoms with van der Waals surface area (Å²) in [4.78, 5) is 20.0. The molecule has 2 heterocycles. The van der Waals surface area contributed by atoms with E-state index in [9.17, 15) is 30.8 Å². The fourth-order valence-corrected chi connectivity index (χ4v) is 4.95. The first-order valence-electron chi connectivity index (χ1n) is 11.2. The van der Waals surface area contributed by atoms with Crippen molar-refractivity contribution in [3.63, 3.8) is 0 Å². The van der Waals surface area contributed by atoms with Gasteiger partial charge in [0.1, 0.15) is 5.75 Å². The molecule has 1 saturated heterocycles. The maximum atomic E-state index is 14.3. The zero-order valence-corrected chi connectivity index (χ0v) is 19.8. The summed E-state index contributed by atoms with van der Waals surface area (Å²) >= 11 is 0. The van der Waals surface area contributed by atoms with Crippen LogP contribution in [0.4, 0.5) is 23.4 Å². The van der Waals surface area contributed by atoms with Crippen molar-refractivity contribution in [3.05, 3.63) is 47.4 Å². The summed E-state index contributed by atoms with van der Waals surface area (Å²) in [5, 5.41) is 0. The van der Waals surface area contributed by atoms with E-state index in [2.05, 4.69) is 4.98 Å². The number of rotatable bonds is 5. The van der Waals surface area contributed by atoms with Gasteiger partial charge in [-0.1, -0.05) is 0 Å². The lowest BCUT2D eigenvalue weighted by Crippen LogP contribution is -2.49. The van der Waals surface area contributed by atoms with Crippen LogP contribution >= 0.6 is 0 Å². The van der Waals surface area contributed by atoms with Crippen molar-refractivity contribution in [2.75, 3.05) is 37.3 Å². The minimum Gasteiger partial charge on any atom is -0.490 e. The lowest BCUT2D eigenvalue weighted by atomic mass is 10.1. The first-order valence-corrected chi connectivity index (χ1v) is 13.1. The van der Waals surface area contributed by atoms with Crippen molar-refractivity contribution in [2.24, 2.45) is 0 Å². The Morgan fingerprint density at radius 1 is 1.09 bits per heavy atom. The number of anilines is 1. The molecule has 190 valence electrons. The Morgan fingerprint density at radius 2 is 1.74 bits per heavy atom. The summed E-state index contributed by atoms with van der Waals surface area (Å²) in [6, 6.07) is 4.63. The zero-order valence-electron chi connectivity index (χ0n) is 19.0. The number of hydrogen-bond acceptors (Lipinski definition) is 6. The number of piperazine rings is 1. The average molecular weight is 516 g/mol. The van der Waals surface area contributed by atoms with E-state index in [0.29, 0.717) is 18.0 Å². The number of ether oxygens (including phenoxy) is 1. The average Bonchev–Trinajstić information content (AvgIpc) is 3.31. The van der Waals surface area contributed by atoms with E-state index in [1.165, 1.54) is 28.0 Å². The standard InChI is InChI=1S/C23H25F4N3O4S/c1-35(32,33)17-6-7-20(34-16-4-2-3-5-16)18(13-17)22(31)30-10-8-29(9-11-30)21-19(24)12-15(14-28-21)23(25,26)27/h6-7,12-14,16H,2-5,8-11H2,1H3. The van der Waals surface area contributed by atoms with Gasteiger partial charge in [0, 0.05) is 38.6 Å². The molecular weight excluding hydrogens is 490 g/mol. The Bertz CT molecular complexity index is 1210. The van der Waals surface area contributed by atoms with Crippen LogP contribution in [0.2, 0.25) is 0 Å². The number of nitrogens with zero attached hydrogens (tertiary/aromatic N) is 3. The van der Waals surface area contributed by atoms with Gasteiger partial charge in [-0.25, -0.2) is 17.8 Å². The van der Waals surface area contributed by atoms with E-state index in [4.69, 9.17) is 4.74 Å². The predicted molar refractivity (Wildman–Crippen MR) is 120 cm³/mol. The van der Waals surface area contributed by atoms with Gasteiger partial charge >= 0.3 is 6.18 Å². The molecule has 1 amide bonds. The van der Waals surface area contributed by atoms with Crippen LogP contribution in [0, 0.1) is 5.82 Å². The molecule has 2 fully saturated rings. The minimum absolute atomic E-state index is 0.00529. The molecule has 1 aliphatic heterocycles. The smallest absolute Gasteiger partial charge is 0.417 e. The summed E-state index contributed by atoms with van der Waals surface area (Å²) in [6.45, 7) is 0.580. The van der Waals surface area contributed by atoms with Crippen molar-refractivity contribution < 1.29 is 35.5 Å². The highest BCUT2D eigenvalue weighted by molar-refractivity contribution is 7.90. The lowest BCUT2D eigenvalue weighted by Gasteiger charge is -2.36. The summed E-state index contributed by atoms with van der Waals surface area (Å²) in [5.74, 6) is -1.42. The third-order valence-corrected chi connectivity index (χ3v) is 7.33. The number of sulfone groups is 1. The second-order valence-corrected chi connectivity index (χ2v) is 10.8. The molecule has 2 aliphatic rings. The van der Waals surface area contributed by atoms with Crippen molar-refractivity contribution in [1.29, 1.82) is 0 Å². The van der Waals surface area contributed by atoms with Crippen molar-refractivity contribution in [3.8, 4) is 5.75 Å². The number of carbonyl (C=O) groups is 1. The molecule has 1 aromatic carbocycles. The fraction of sp³-hybridized carbons (Fsp3) is 0.478. The molecule has 7 nitrogen and oxygen atoms in total. The van der Waals surface area contributed by atoms with Crippen LogP contribution in [0.1, 0.15) is 41.6 Å². The first-order chi connectivity index (χ1) is 16.4. The molecule has 0 bridgehead atoms. The number of carbonyl (C=O) groups excluding carboxylic acids is 1. The number of hydrogen-bond donors (Lipinski definition) is 0. The maximum Gasteiger partial charge on any atom is 0.417 e. The second-order valence-electron chi connectivity index (χ2n) is 8.76. The van der Waals surface area contributed by atoms with Crippen molar-refractivity contribution in [2.45, 2.75) is 42.9 Å². The predicted octanol–water partition coefficient (Wildman–Crippen LogP) is 3.93. The summed E-state index contributed by atoms with van der Waals surface area (Å²) < 4.78 is 82.9. The molecule has 35 heavy (non-hydrogen) atoms. The first kappa shape index (κ1) is 25.2. The highest BCUT2D eigenvalue weighted by Gasteiger charge is 2.33. The Balaban J connectivity index is 1.51. The largest absolute Gasteiger partial charge is 0.490 e. The fourth-order valence-electron chi connectivity index (χ4n) is 4.31. The monoisotopic (exact) mass is 515 g/mol. The van der Waals surface area contributed by atoms with Gasteiger partial charge in [0.25, 0.3) is 5.91 Å². The highest BCUT2D eigenvalue weighted by Crippen LogP contribution is 2.32. The summed E-state index contributed by atoms with van der Waals surface area (Å²) in [5.41, 5.74) is -1.04. The van der Waals surface area contributed by atoms with Gasteiger partial charge in [-0.15, -0.1) is 0 Å². The Labute approximate surface area is 200 Å².